The molecule has 0 saturated carbocycles. The van der Waals surface area contributed by atoms with Crippen molar-refractivity contribution < 1.29 is 0 Å². The Balaban J connectivity index is 2.02. The maximum atomic E-state index is 5.94. The summed E-state index contributed by atoms with van der Waals surface area (Å²) in [7, 11) is 0. The fourth-order valence-electron chi connectivity index (χ4n) is 2.89. The van der Waals surface area contributed by atoms with E-state index in [-0.39, 0.29) is 0 Å². The van der Waals surface area contributed by atoms with Crippen LogP contribution in [0.2, 0.25) is 0 Å². The third kappa shape index (κ3) is 2.57. The van der Waals surface area contributed by atoms with Crippen LogP contribution in [0.25, 0.3) is 33.3 Å². The van der Waals surface area contributed by atoms with Crippen LogP contribution in [0, 0.1) is 0 Å². The highest BCUT2D eigenvalue weighted by atomic mass is 14.7. The molecule has 3 aromatic carbocycles. The summed E-state index contributed by atoms with van der Waals surface area (Å²) in [5, 5.41) is 1.03. The molecule has 4 N–H and O–H groups in total. The van der Waals surface area contributed by atoms with Gasteiger partial charge in [-0.3, -0.25) is 0 Å². The Morgan fingerprint density at radius 2 is 1.33 bits per heavy atom. The molecule has 0 unspecified atom stereocenters. The van der Waals surface area contributed by atoms with Gasteiger partial charge in [0.2, 0.25) is 0 Å². The molecule has 0 aliphatic rings. The van der Waals surface area contributed by atoms with E-state index in [9.17, 15) is 0 Å². The normalized spacial score (nSPS) is 10.8. The summed E-state index contributed by atoms with van der Waals surface area (Å²) in [6.07, 6.45) is 0. The lowest BCUT2D eigenvalue weighted by atomic mass is 9.97. The number of anilines is 2. The second kappa shape index (κ2) is 5.70. The fourth-order valence-corrected chi connectivity index (χ4v) is 2.89. The van der Waals surface area contributed by atoms with Crippen molar-refractivity contribution >= 4 is 22.3 Å². The van der Waals surface area contributed by atoms with Gasteiger partial charge in [0.1, 0.15) is 0 Å². The van der Waals surface area contributed by atoms with Crippen LogP contribution in [0.5, 0.6) is 0 Å². The van der Waals surface area contributed by atoms with E-state index in [0.717, 1.165) is 44.7 Å². The number of nitrogens with two attached hydrogens (primary N) is 2. The average molecular weight is 311 g/mol. The maximum Gasteiger partial charge on any atom is 0.0788 e. The van der Waals surface area contributed by atoms with Crippen molar-refractivity contribution in [3.8, 4) is 22.4 Å². The van der Waals surface area contributed by atoms with E-state index >= 15 is 0 Å². The molecule has 1 aromatic heterocycles. The van der Waals surface area contributed by atoms with Crippen molar-refractivity contribution in [2.24, 2.45) is 0 Å². The molecule has 0 fully saturated rings. The van der Waals surface area contributed by atoms with Gasteiger partial charge in [-0.2, -0.15) is 0 Å². The number of hydrogen-bond donors (Lipinski definition) is 2. The van der Waals surface area contributed by atoms with E-state index in [4.69, 9.17) is 16.5 Å². The number of nitrogen functional groups attached to an aromatic ring is 2. The number of rotatable bonds is 2. The fraction of sp³-hybridized carbons (Fsp3) is 0. The summed E-state index contributed by atoms with van der Waals surface area (Å²) in [6, 6.07) is 26.0. The monoisotopic (exact) mass is 311 g/mol. The van der Waals surface area contributed by atoms with Crippen molar-refractivity contribution in [3.05, 3.63) is 78.9 Å². The highest BCUT2D eigenvalue weighted by Gasteiger charge is 2.11. The molecular weight excluding hydrogens is 294 g/mol. The number of hydrogen-bond acceptors (Lipinski definition) is 3. The molecule has 0 spiro atoms. The minimum Gasteiger partial charge on any atom is -0.399 e. The van der Waals surface area contributed by atoms with Crippen LogP contribution in [0.4, 0.5) is 11.4 Å². The van der Waals surface area contributed by atoms with Gasteiger partial charge < -0.3 is 11.5 Å². The third-order valence-corrected chi connectivity index (χ3v) is 4.11. The van der Waals surface area contributed by atoms with E-state index in [1.807, 2.05) is 60.7 Å². The zero-order chi connectivity index (χ0) is 16.5. The first-order valence-electron chi connectivity index (χ1n) is 7.82. The van der Waals surface area contributed by atoms with E-state index in [0.29, 0.717) is 0 Å². The molecule has 4 aromatic rings. The first kappa shape index (κ1) is 14.3. The van der Waals surface area contributed by atoms with E-state index in [1.165, 1.54) is 0 Å². The lowest BCUT2D eigenvalue weighted by molar-refractivity contribution is 1.39. The van der Waals surface area contributed by atoms with Crippen LogP contribution >= 0.6 is 0 Å². The summed E-state index contributed by atoms with van der Waals surface area (Å²) in [5.74, 6) is 0. The largest absolute Gasteiger partial charge is 0.399 e. The molecule has 0 aliphatic heterocycles. The van der Waals surface area contributed by atoms with E-state index in [2.05, 4.69) is 18.2 Å². The molecule has 3 heteroatoms. The molecule has 1 heterocycles. The predicted octanol–water partition coefficient (Wildman–Crippen LogP) is 4.73. The number of fused-ring (bicyclic) bond motifs is 1. The topological polar surface area (TPSA) is 64.9 Å². The zero-order valence-electron chi connectivity index (χ0n) is 13.1. The quantitative estimate of drug-likeness (QED) is 0.526. The average Bonchev–Trinajstić information content (AvgIpc) is 2.62. The summed E-state index contributed by atoms with van der Waals surface area (Å²) in [4.78, 5) is 4.90. The second-order valence-corrected chi connectivity index (χ2v) is 5.82. The molecule has 0 radical (unpaired) electrons. The number of benzene rings is 3. The molecule has 4 rings (SSSR count). The lowest BCUT2D eigenvalue weighted by Gasteiger charge is -2.12. The van der Waals surface area contributed by atoms with Gasteiger partial charge in [0, 0.05) is 27.9 Å². The van der Waals surface area contributed by atoms with Crippen LogP contribution in [-0.4, -0.2) is 4.98 Å². The van der Waals surface area contributed by atoms with Crippen molar-refractivity contribution in [2.45, 2.75) is 0 Å². The van der Waals surface area contributed by atoms with E-state index in [1.54, 1.807) is 0 Å². The Bertz CT molecular complexity index is 1010. The van der Waals surface area contributed by atoms with Crippen LogP contribution < -0.4 is 11.5 Å². The summed E-state index contributed by atoms with van der Waals surface area (Å²) in [6.45, 7) is 0. The Morgan fingerprint density at radius 3 is 2.08 bits per heavy atom. The molecule has 0 aliphatic carbocycles. The summed E-state index contributed by atoms with van der Waals surface area (Å²) >= 11 is 0. The molecule has 0 amide bonds. The van der Waals surface area contributed by atoms with Gasteiger partial charge in [-0.1, -0.05) is 42.5 Å². The van der Waals surface area contributed by atoms with Crippen molar-refractivity contribution in [2.75, 3.05) is 11.5 Å². The predicted molar refractivity (Wildman–Crippen MR) is 101 cm³/mol. The van der Waals surface area contributed by atoms with Crippen molar-refractivity contribution in [1.82, 2.24) is 4.98 Å². The SMILES string of the molecule is Nc1ccc(-c2cc3cc(N)ccc3nc2-c2ccccc2)cc1. The standard InChI is InChI=1S/C21H17N3/c22-17-8-6-14(7-9-17)19-13-16-12-18(23)10-11-20(16)24-21(19)15-4-2-1-3-5-15/h1-13H,22-23H2. The number of aromatic nitrogens is 1. The van der Waals surface area contributed by atoms with Gasteiger partial charge >= 0.3 is 0 Å². The third-order valence-electron chi connectivity index (χ3n) is 4.11. The van der Waals surface area contributed by atoms with Crippen LogP contribution in [0.15, 0.2) is 78.9 Å². The van der Waals surface area contributed by atoms with Gasteiger partial charge in [0.25, 0.3) is 0 Å². The van der Waals surface area contributed by atoms with E-state index < -0.39 is 0 Å². The van der Waals surface area contributed by atoms with Crippen molar-refractivity contribution in [1.29, 1.82) is 0 Å². The number of nitrogens with zero attached hydrogens (tertiary/aromatic N) is 1. The minimum atomic E-state index is 0.736. The first-order valence-corrected chi connectivity index (χ1v) is 7.82. The van der Waals surface area contributed by atoms with Gasteiger partial charge in [-0.15, -0.1) is 0 Å². The summed E-state index contributed by atoms with van der Waals surface area (Å²) in [5.41, 5.74) is 18.4. The Labute approximate surface area is 140 Å². The van der Waals surface area contributed by atoms with Crippen LogP contribution in [0.1, 0.15) is 0 Å². The molecule has 24 heavy (non-hydrogen) atoms. The molecule has 0 atom stereocenters. The minimum absolute atomic E-state index is 0.736. The molecular formula is C21H17N3. The molecule has 0 saturated heterocycles. The van der Waals surface area contributed by atoms with Crippen molar-refractivity contribution in [3.63, 3.8) is 0 Å². The van der Waals surface area contributed by atoms with Crippen LogP contribution in [-0.2, 0) is 0 Å². The summed E-state index contributed by atoms with van der Waals surface area (Å²) < 4.78 is 0. The smallest absolute Gasteiger partial charge is 0.0788 e. The van der Waals surface area contributed by atoms with Crippen LogP contribution in [0.3, 0.4) is 0 Å². The molecule has 3 nitrogen and oxygen atoms in total. The molecule has 116 valence electrons. The van der Waals surface area contributed by atoms with Gasteiger partial charge in [-0.05, 0) is 42.0 Å². The van der Waals surface area contributed by atoms with Gasteiger partial charge in [0.15, 0.2) is 0 Å². The Morgan fingerprint density at radius 1 is 0.625 bits per heavy atom. The zero-order valence-corrected chi connectivity index (χ0v) is 13.1. The van der Waals surface area contributed by atoms with Gasteiger partial charge in [-0.25, -0.2) is 4.98 Å². The van der Waals surface area contributed by atoms with Gasteiger partial charge in [0.05, 0.1) is 11.2 Å². The lowest BCUT2D eigenvalue weighted by Crippen LogP contribution is -1.93. The second-order valence-electron chi connectivity index (χ2n) is 5.82. The Kier molecular flexibility index (Phi) is 3.39. The Hall–Kier alpha value is -3.33. The molecule has 0 bridgehead atoms. The maximum absolute atomic E-state index is 5.94. The highest BCUT2D eigenvalue weighted by Crippen LogP contribution is 2.34. The number of pyridine rings is 1. The highest BCUT2D eigenvalue weighted by molar-refractivity contribution is 5.93. The first-order chi connectivity index (χ1) is 11.7.